The molecule has 1 aliphatic carbocycles. The molecule has 27 heavy (non-hydrogen) atoms. The molecule has 0 heterocycles. The summed E-state index contributed by atoms with van der Waals surface area (Å²) in [4.78, 5) is 0. The maximum Gasteiger partial charge on any atom is 0.200 e. The number of ether oxygens (including phenoxy) is 2. The van der Waals surface area contributed by atoms with E-state index in [-0.39, 0.29) is 23.4 Å². The fourth-order valence-electron chi connectivity index (χ4n) is 3.46. The van der Waals surface area contributed by atoms with E-state index in [1.54, 1.807) is 6.92 Å². The third-order valence-electron chi connectivity index (χ3n) is 5.42. The molecule has 1 rings (SSSR count). The molecule has 0 N–H and O–H groups in total. The lowest BCUT2D eigenvalue weighted by Gasteiger charge is -2.32. The largest absolute Gasteiger partial charge is 0.494 e. The predicted octanol–water partition coefficient (Wildman–Crippen LogP) is 7.53. The van der Waals surface area contributed by atoms with Crippen LogP contribution in [-0.2, 0) is 9.47 Å². The highest BCUT2D eigenvalue weighted by Gasteiger charge is 2.26. The number of hydrogen-bond donors (Lipinski definition) is 0. The van der Waals surface area contributed by atoms with E-state index in [9.17, 15) is 8.78 Å². The molecule has 4 heteroatoms. The van der Waals surface area contributed by atoms with Crippen LogP contribution in [0.25, 0.3) is 0 Å². The Morgan fingerprint density at radius 1 is 1.04 bits per heavy atom. The monoisotopic (exact) mass is 386 g/mol. The highest BCUT2D eigenvalue weighted by atomic mass is 19.2. The van der Waals surface area contributed by atoms with Gasteiger partial charge in [-0.05, 0) is 37.2 Å². The molecule has 0 saturated heterocycles. The molecule has 2 unspecified atom stereocenters. The average Bonchev–Trinajstić information content (AvgIpc) is 2.71. The molecule has 0 aromatic carbocycles. The molecule has 0 aromatic rings. The Labute approximate surface area is 165 Å². The number of hydrogen-bond acceptors (Lipinski definition) is 2. The Morgan fingerprint density at radius 2 is 1.59 bits per heavy atom. The van der Waals surface area contributed by atoms with Crippen molar-refractivity contribution in [3.8, 4) is 0 Å². The summed E-state index contributed by atoms with van der Waals surface area (Å²) in [5.74, 6) is -1.32. The first-order chi connectivity index (χ1) is 12.8. The first-order valence-corrected chi connectivity index (χ1v) is 10.4. The van der Waals surface area contributed by atoms with E-state index in [2.05, 4.69) is 31.7 Å². The molecule has 1 aliphatic rings. The molecule has 1 fully saturated rings. The molecule has 2 nitrogen and oxygen atoms in total. The second-order valence-electron chi connectivity index (χ2n) is 7.29. The molecule has 0 spiro atoms. The van der Waals surface area contributed by atoms with Crippen LogP contribution in [0.15, 0.2) is 36.1 Å². The van der Waals surface area contributed by atoms with Gasteiger partial charge in [-0.3, -0.25) is 0 Å². The van der Waals surface area contributed by atoms with Gasteiger partial charge in [0.05, 0.1) is 19.8 Å². The van der Waals surface area contributed by atoms with Crippen LogP contribution in [0, 0.1) is 17.8 Å². The van der Waals surface area contributed by atoms with Crippen molar-refractivity contribution in [2.45, 2.75) is 79.2 Å². The van der Waals surface area contributed by atoms with Gasteiger partial charge < -0.3 is 9.47 Å². The van der Waals surface area contributed by atoms with Crippen molar-refractivity contribution in [3.05, 3.63) is 36.1 Å². The van der Waals surface area contributed by atoms with Gasteiger partial charge in [0.2, 0.25) is 0 Å². The number of methoxy groups -OCH3 is 1. The zero-order valence-corrected chi connectivity index (χ0v) is 18.2. The summed E-state index contributed by atoms with van der Waals surface area (Å²) < 4.78 is 38.4. The van der Waals surface area contributed by atoms with Crippen LogP contribution in [0.2, 0.25) is 0 Å². The van der Waals surface area contributed by atoms with Gasteiger partial charge in [-0.2, -0.15) is 4.39 Å². The van der Waals surface area contributed by atoms with E-state index < -0.39 is 11.7 Å². The molecular formula is C23H40F2O2. The van der Waals surface area contributed by atoms with Crippen molar-refractivity contribution in [2.75, 3.05) is 13.7 Å². The molecule has 0 radical (unpaired) electrons. The van der Waals surface area contributed by atoms with Gasteiger partial charge in [-0.1, -0.05) is 66.5 Å². The van der Waals surface area contributed by atoms with E-state index in [0.29, 0.717) is 12.5 Å². The minimum absolute atomic E-state index is 0.0783. The third-order valence-corrected chi connectivity index (χ3v) is 5.42. The third kappa shape index (κ3) is 8.59. The molecule has 2 atom stereocenters. The number of halogens is 2. The van der Waals surface area contributed by atoms with E-state index in [1.165, 1.54) is 45.6 Å². The van der Waals surface area contributed by atoms with Gasteiger partial charge in [0, 0.05) is 5.92 Å². The minimum Gasteiger partial charge on any atom is -0.494 e. The Morgan fingerprint density at radius 3 is 2.07 bits per heavy atom. The SMILES string of the molecule is C=C(OC)/C(F)=C(/F)C(=C)C(C)COC(C)C1CCC(CCC)CC1.CC. The molecule has 158 valence electrons. The summed E-state index contributed by atoms with van der Waals surface area (Å²) in [5.41, 5.74) is 0.0783. The quantitative estimate of drug-likeness (QED) is 0.285. The second kappa shape index (κ2) is 13.9. The Hall–Kier alpha value is -1.16. The van der Waals surface area contributed by atoms with Gasteiger partial charge in [-0.15, -0.1) is 0 Å². The van der Waals surface area contributed by atoms with Crippen molar-refractivity contribution in [3.63, 3.8) is 0 Å². The van der Waals surface area contributed by atoms with E-state index in [1.807, 2.05) is 13.8 Å². The van der Waals surface area contributed by atoms with Crippen LogP contribution in [0.1, 0.15) is 73.1 Å². The first kappa shape index (κ1) is 25.8. The van der Waals surface area contributed by atoms with Crippen molar-refractivity contribution in [1.82, 2.24) is 0 Å². The summed E-state index contributed by atoms with van der Waals surface area (Å²) in [5, 5.41) is 0. The van der Waals surface area contributed by atoms with Crippen LogP contribution in [-0.4, -0.2) is 19.8 Å². The fraction of sp³-hybridized carbons (Fsp3) is 0.739. The molecule has 0 amide bonds. The Bertz CT molecular complexity index is 477. The summed E-state index contributed by atoms with van der Waals surface area (Å²) in [6.45, 7) is 17.4. The van der Waals surface area contributed by atoms with E-state index in [0.717, 1.165) is 5.92 Å². The van der Waals surface area contributed by atoms with Crippen LogP contribution in [0.3, 0.4) is 0 Å². The molecule has 0 aromatic heterocycles. The van der Waals surface area contributed by atoms with Crippen molar-refractivity contribution >= 4 is 0 Å². The van der Waals surface area contributed by atoms with E-state index in [4.69, 9.17) is 4.74 Å². The topological polar surface area (TPSA) is 18.5 Å². The van der Waals surface area contributed by atoms with Crippen LogP contribution < -0.4 is 0 Å². The summed E-state index contributed by atoms with van der Waals surface area (Å²) in [7, 11) is 1.25. The lowest BCUT2D eigenvalue weighted by atomic mass is 9.78. The number of allylic oxidation sites excluding steroid dienone is 2. The van der Waals surface area contributed by atoms with Crippen molar-refractivity contribution < 1.29 is 18.3 Å². The van der Waals surface area contributed by atoms with Gasteiger partial charge in [0.15, 0.2) is 11.7 Å². The maximum atomic E-state index is 14.1. The first-order valence-electron chi connectivity index (χ1n) is 10.4. The smallest absolute Gasteiger partial charge is 0.200 e. The highest BCUT2D eigenvalue weighted by molar-refractivity contribution is 5.33. The zero-order chi connectivity index (χ0) is 21.0. The fourth-order valence-corrected chi connectivity index (χ4v) is 3.46. The van der Waals surface area contributed by atoms with E-state index >= 15 is 0 Å². The van der Waals surface area contributed by atoms with Crippen LogP contribution in [0.4, 0.5) is 8.78 Å². The summed E-state index contributed by atoms with van der Waals surface area (Å²) in [6.07, 6.45) is 7.64. The number of rotatable bonds is 10. The van der Waals surface area contributed by atoms with Crippen molar-refractivity contribution in [2.24, 2.45) is 17.8 Å². The van der Waals surface area contributed by atoms with Gasteiger partial charge in [-0.25, -0.2) is 4.39 Å². The normalized spacial score (nSPS) is 22.7. The lowest BCUT2D eigenvalue weighted by Crippen LogP contribution is -2.27. The predicted molar refractivity (Wildman–Crippen MR) is 111 cm³/mol. The molecule has 0 aliphatic heterocycles. The lowest BCUT2D eigenvalue weighted by molar-refractivity contribution is -0.00304. The Balaban J connectivity index is 0.00000326. The highest BCUT2D eigenvalue weighted by Crippen LogP contribution is 2.34. The molecule has 0 bridgehead atoms. The molecular weight excluding hydrogens is 346 g/mol. The van der Waals surface area contributed by atoms with Crippen molar-refractivity contribution in [1.29, 1.82) is 0 Å². The second-order valence-corrected chi connectivity index (χ2v) is 7.29. The van der Waals surface area contributed by atoms with Gasteiger partial charge in [0.25, 0.3) is 0 Å². The minimum atomic E-state index is -1.10. The summed E-state index contributed by atoms with van der Waals surface area (Å²) in [6, 6.07) is 0. The standard InChI is InChI=1S/C21H34F2O2.C2H6/c1-7-8-18-9-11-19(12-10-18)16(4)25-13-14(2)15(3)20(22)21(23)17(5)24-6;1-2/h14,16,18-19H,3,5,7-13H2,1-2,4,6H3;1-2H3/b21-20-;. The average molecular weight is 387 g/mol. The van der Waals surface area contributed by atoms with Crippen LogP contribution >= 0.6 is 0 Å². The zero-order valence-electron chi connectivity index (χ0n) is 18.2. The van der Waals surface area contributed by atoms with Crippen LogP contribution in [0.5, 0.6) is 0 Å². The van der Waals surface area contributed by atoms with Gasteiger partial charge in [0.1, 0.15) is 5.76 Å². The van der Waals surface area contributed by atoms with Gasteiger partial charge >= 0.3 is 0 Å². The molecule has 1 saturated carbocycles. The Kier molecular flexibility index (Phi) is 13.3. The maximum absolute atomic E-state index is 14.1. The summed E-state index contributed by atoms with van der Waals surface area (Å²) >= 11 is 0.